The maximum atomic E-state index is 13.3. The Morgan fingerprint density at radius 2 is 1.90 bits per heavy atom. The second kappa shape index (κ2) is 8.96. The van der Waals surface area contributed by atoms with E-state index in [1.807, 2.05) is 49.4 Å². The summed E-state index contributed by atoms with van der Waals surface area (Å²) in [7, 11) is 0. The van der Waals surface area contributed by atoms with Crippen molar-refractivity contribution in [3.8, 4) is 0 Å². The average molecular weight is 427 g/mol. The molecule has 2 aliphatic heterocycles. The van der Waals surface area contributed by atoms with Gasteiger partial charge in [0, 0.05) is 30.6 Å². The number of carbonyl (C=O) groups excluding carboxylic acids is 2. The van der Waals surface area contributed by atoms with E-state index in [2.05, 4.69) is 15.5 Å². The number of carbonyl (C=O) groups is 2. The van der Waals surface area contributed by atoms with E-state index in [9.17, 15) is 9.59 Å². The first-order valence-electron chi connectivity index (χ1n) is 10.5. The summed E-state index contributed by atoms with van der Waals surface area (Å²) in [5.41, 5.74) is 3.33. The Labute approximate surface area is 182 Å². The van der Waals surface area contributed by atoms with E-state index in [0.717, 1.165) is 30.2 Å². The van der Waals surface area contributed by atoms with Gasteiger partial charge in [0.1, 0.15) is 0 Å². The molecule has 2 aromatic carbocycles. The van der Waals surface area contributed by atoms with Crippen LogP contribution in [0.2, 0.25) is 5.02 Å². The number of amides is 2. The van der Waals surface area contributed by atoms with Crippen molar-refractivity contribution in [3.63, 3.8) is 0 Å². The Morgan fingerprint density at radius 3 is 2.70 bits per heavy atom. The summed E-state index contributed by atoms with van der Waals surface area (Å²) < 4.78 is 0. The third-order valence-corrected chi connectivity index (χ3v) is 5.95. The second-order valence-electron chi connectivity index (χ2n) is 7.94. The van der Waals surface area contributed by atoms with Gasteiger partial charge in [0.2, 0.25) is 11.8 Å². The van der Waals surface area contributed by atoms with Crippen molar-refractivity contribution >= 4 is 46.2 Å². The fourth-order valence-corrected chi connectivity index (χ4v) is 4.46. The summed E-state index contributed by atoms with van der Waals surface area (Å²) in [6.45, 7) is 4.04. The van der Waals surface area contributed by atoms with Gasteiger partial charge in [0.15, 0.2) is 0 Å². The van der Waals surface area contributed by atoms with Crippen LogP contribution in [0.3, 0.4) is 0 Å². The largest absolute Gasteiger partial charge is 0.374 e. The Morgan fingerprint density at radius 1 is 1.13 bits per heavy atom. The van der Waals surface area contributed by atoms with Crippen LogP contribution in [0, 0.1) is 0 Å². The zero-order valence-corrected chi connectivity index (χ0v) is 17.9. The first-order chi connectivity index (χ1) is 14.5. The van der Waals surface area contributed by atoms with E-state index in [0.29, 0.717) is 10.7 Å². The summed E-state index contributed by atoms with van der Waals surface area (Å²) in [5, 5.41) is 6.84. The SMILES string of the molecule is C[C@@H]1CC(=O)Nc2ccccc2N1C(=O)CNc1cc(Cl)ccc1N1CCCCC1. The number of fused-ring (bicyclic) bond motifs is 1. The molecule has 1 atom stereocenters. The van der Waals surface area contributed by atoms with Gasteiger partial charge in [-0.15, -0.1) is 0 Å². The lowest BCUT2D eigenvalue weighted by Crippen LogP contribution is -2.42. The van der Waals surface area contributed by atoms with Crippen LogP contribution in [0.25, 0.3) is 0 Å². The number of nitrogens with zero attached hydrogens (tertiary/aromatic N) is 2. The van der Waals surface area contributed by atoms with Gasteiger partial charge in [0.25, 0.3) is 0 Å². The van der Waals surface area contributed by atoms with Crippen molar-refractivity contribution in [2.45, 2.75) is 38.6 Å². The molecule has 158 valence electrons. The van der Waals surface area contributed by atoms with Crippen LogP contribution in [0.5, 0.6) is 0 Å². The van der Waals surface area contributed by atoms with Crippen molar-refractivity contribution in [2.24, 2.45) is 0 Å². The highest BCUT2D eigenvalue weighted by molar-refractivity contribution is 6.31. The predicted molar refractivity (Wildman–Crippen MR) is 123 cm³/mol. The van der Waals surface area contributed by atoms with E-state index >= 15 is 0 Å². The molecule has 0 saturated carbocycles. The van der Waals surface area contributed by atoms with Gasteiger partial charge in [0.05, 0.1) is 29.3 Å². The Kier molecular flexibility index (Phi) is 6.13. The lowest BCUT2D eigenvalue weighted by atomic mass is 10.1. The Bertz CT molecular complexity index is 943. The van der Waals surface area contributed by atoms with Gasteiger partial charge in [-0.25, -0.2) is 0 Å². The van der Waals surface area contributed by atoms with Gasteiger partial charge < -0.3 is 20.4 Å². The van der Waals surface area contributed by atoms with Gasteiger partial charge in [-0.05, 0) is 56.5 Å². The third-order valence-electron chi connectivity index (χ3n) is 5.71. The minimum absolute atomic E-state index is 0.0829. The number of rotatable bonds is 4. The number of hydrogen-bond acceptors (Lipinski definition) is 4. The summed E-state index contributed by atoms with van der Waals surface area (Å²) in [6, 6.07) is 13.0. The van der Waals surface area contributed by atoms with E-state index in [1.165, 1.54) is 19.3 Å². The number of benzene rings is 2. The first kappa shape index (κ1) is 20.5. The molecular formula is C23H27ClN4O2. The molecular weight excluding hydrogens is 400 g/mol. The molecule has 4 rings (SSSR count). The molecule has 2 N–H and O–H groups in total. The number of hydrogen-bond donors (Lipinski definition) is 2. The smallest absolute Gasteiger partial charge is 0.246 e. The summed E-state index contributed by atoms with van der Waals surface area (Å²) in [4.78, 5) is 29.5. The summed E-state index contributed by atoms with van der Waals surface area (Å²) in [6.07, 6.45) is 3.86. The standard InChI is InChI=1S/C23H27ClN4O2/c1-16-13-22(29)26-18-7-3-4-8-21(18)28(16)23(30)15-25-19-14-17(24)9-10-20(19)27-11-5-2-6-12-27/h3-4,7-10,14,16,25H,2,5-6,11-13,15H2,1H3,(H,26,29)/t16-/m1/s1. The maximum absolute atomic E-state index is 13.3. The quantitative estimate of drug-likeness (QED) is 0.755. The van der Waals surface area contributed by atoms with E-state index < -0.39 is 0 Å². The van der Waals surface area contributed by atoms with Crippen LogP contribution < -0.4 is 20.4 Å². The van der Waals surface area contributed by atoms with E-state index in [-0.39, 0.29) is 30.8 Å². The van der Waals surface area contributed by atoms with Crippen molar-refractivity contribution in [3.05, 3.63) is 47.5 Å². The highest BCUT2D eigenvalue weighted by Crippen LogP contribution is 2.33. The number of piperidine rings is 1. The molecule has 0 aromatic heterocycles. The highest BCUT2D eigenvalue weighted by Gasteiger charge is 2.29. The topological polar surface area (TPSA) is 64.7 Å². The van der Waals surface area contributed by atoms with Gasteiger partial charge in [-0.1, -0.05) is 23.7 Å². The fraction of sp³-hybridized carbons (Fsp3) is 0.391. The van der Waals surface area contributed by atoms with Crippen LogP contribution in [0.1, 0.15) is 32.6 Å². The molecule has 0 bridgehead atoms. The van der Waals surface area contributed by atoms with E-state index in [4.69, 9.17) is 11.6 Å². The number of halogens is 1. The lowest BCUT2D eigenvalue weighted by Gasteiger charge is -2.31. The van der Waals surface area contributed by atoms with Crippen LogP contribution in [-0.2, 0) is 9.59 Å². The minimum atomic E-state index is -0.233. The van der Waals surface area contributed by atoms with E-state index in [1.54, 1.807) is 4.90 Å². The minimum Gasteiger partial charge on any atom is -0.374 e. The van der Waals surface area contributed by atoms with Gasteiger partial charge >= 0.3 is 0 Å². The molecule has 2 aromatic rings. The molecule has 1 fully saturated rings. The second-order valence-corrected chi connectivity index (χ2v) is 8.38. The number of anilines is 4. The number of para-hydroxylation sites is 2. The average Bonchev–Trinajstić information content (AvgIpc) is 2.87. The molecule has 1 saturated heterocycles. The molecule has 0 radical (unpaired) electrons. The van der Waals surface area contributed by atoms with Crippen molar-refractivity contribution in [1.29, 1.82) is 0 Å². The Balaban J connectivity index is 1.55. The molecule has 0 spiro atoms. The fourth-order valence-electron chi connectivity index (χ4n) is 4.28. The zero-order valence-electron chi connectivity index (χ0n) is 17.2. The van der Waals surface area contributed by atoms with Crippen molar-refractivity contribution in [1.82, 2.24) is 0 Å². The van der Waals surface area contributed by atoms with Crippen molar-refractivity contribution in [2.75, 3.05) is 40.1 Å². The third kappa shape index (κ3) is 4.38. The Hall–Kier alpha value is -2.73. The van der Waals surface area contributed by atoms with Crippen LogP contribution >= 0.6 is 11.6 Å². The molecule has 0 unspecified atom stereocenters. The molecule has 7 heteroatoms. The molecule has 0 aliphatic carbocycles. The molecule has 6 nitrogen and oxygen atoms in total. The summed E-state index contributed by atoms with van der Waals surface area (Å²) >= 11 is 6.25. The van der Waals surface area contributed by atoms with Crippen LogP contribution in [0.4, 0.5) is 22.7 Å². The normalized spacial score (nSPS) is 19.0. The number of nitrogens with one attached hydrogen (secondary N) is 2. The molecule has 30 heavy (non-hydrogen) atoms. The first-order valence-corrected chi connectivity index (χ1v) is 10.9. The zero-order chi connectivity index (χ0) is 21.1. The maximum Gasteiger partial charge on any atom is 0.246 e. The molecule has 2 aliphatic rings. The van der Waals surface area contributed by atoms with Crippen molar-refractivity contribution < 1.29 is 9.59 Å². The summed E-state index contributed by atoms with van der Waals surface area (Å²) in [5.74, 6) is -0.170. The highest BCUT2D eigenvalue weighted by atomic mass is 35.5. The van der Waals surface area contributed by atoms with Gasteiger partial charge in [-0.3, -0.25) is 9.59 Å². The predicted octanol–water partition coefficient (Wildman–Crippen LogP) is 4.51. The molecule has 2 amide bonds. The lowest BCUT2D eigenvalue weighted by molar-refractivity contribution is -0.118. The monoisotopic (exact) mass is 426 g/mol. The van der Waals surface area contributed by atoms with Crippen LogP contribution in [0.15, 0.2) is 42.5 Å². The van der Waals surface area contributed by atoms with Gasteiger partial charge in [-0.2, -0.15) is 0 Å². The molecule has 2 heterocycles. The van der Waals surface area contributed by atoms with Crippen LogP contribution in [-0.4, -0.2) is 37.5 Å².